The smallest absolute Gasteiger partial charge is 0.433 e. The van der Waals surface area contributed by atoms with Gasteiger partial charge < -0.3 is 4.74 Å². The summed E-state index contributed by atoms with van der Waals surface area (Å²) in [5, 5.41) is 9.10. The van der Waals surface area contributed by atoms with Gasteiger partial charge in [0, 0.05) is 22.0 Å². The van der Waals surface area contributed by atoms with Crippen molar-refractivity contribution in [3.8, 4) is 11.9 Å². The molecule has 0 aliphatic rings. The second kappa shape index (κ2) is 8.24. The van der Waals surface area contributed by atoms with Gasteiger partial charge in [-0.15, -0.1) is 0 Å². The topological polar surface area (TPSA) is 58.8 Å². The number of alkyl halides is 6. The molecule has 0 fully saturated rings. The van der Waals surface area contributed by atoms with Crippen molar-refractivity contribution in [2.45, 2.75) is 12.4 Å². The molecular weight excluding hydrogens is 471 g/mol. The van der Waals surface area contributed by atoms with Crippen LogP contribution in [0.4, 0.5) is 26.3 Å². The normalized spacial score (nSPS) is 12.7. The number of nitrogens with zero attached hydrogens (tertiary/aromatic N) is 3. The zero-order chi connectivity index (χ0) is 23.0. The first-order valence-corrected chi connectivity index (χ1v) is 8.84. The van der Waals surface area contributed by atoms with Gasteiger partial charge in [-0.1, -0.05) is 29.3 Å². The van der Waals surface area contributed by atoms with Crippen molar-refractivity contribution in [2.24, 2.45) is 0 Å². The Balaban J connectivity index is 2.06. The van der Waals surface area contributed by atoms with Crippen LogP contribution in [0.1, 0.15) is 16.8 Å². The lowest BCUT2D eigenvalue weighted by Gasteiger charge is -2.14. The van der Waals surface area contributed by atoms with Gasteiger partial charge in [-0.25, -0.2) is 4.98 Å². The van der Waals surface area contributed by atoms with E-state index in [2.05, 4.69) is 9.97 Å². The molecule has 0 bridgehead atoms. The van der Waals surface area contributed by atoms with E-state index in [4.69, 9.17) is 27.9 Å². The molecular formula is C19H7Cl2F6N3O. The molecule has 160 valence electrons. The molecule has 0 radical (unpaired) electrons. The summed E-state index contributed by atoms with van der Waals surface area (Å²) in [6.07, 6.45) is -9.28. The van der Waals surface area contributed by atoms with E-state index in [1.54, 1.807) is 0 Å². The molecule has 3 rings (SSSR count). The lowest BCUT2D eigenvalue weighted by Crippen LogP contribution is -2.14. The fourth-order valence-corrected chi connectivity index (χ4v) is 3.02. The van der Waals surface area contributed by atoms with Crippen LogP contribution in [-0.2, 0) is 12.4 Å². The van der Waals surface area contributed by atoms with Crippen LogP contribution < -0.4 is 4.74 Å². The van der Waals surface area contributed by atoms with E-state index in [0.717, 1.165) is 18.4 Å². The van der Waals surface area contributed by atoms with Crippen LogP contribution in [-0.4, -0.2) is 9.97 Å². The van der Waals surface area contributed by atoms with E-state index in [9.17, 15) is 31.6 Å². The summed E-state index contributed by atoms with van der Waals surface area (Å²) in [7, 11) is 0. The molecule has 0 amide bonds. The Labute approximate surface area is 180 Å². The van der Waals surface area contributed by atoms with E-state index in [0.29, 0.717) is 5.02 Å². The summed E-state index contributed by atoms with van der Waals surface area (Å²) >= 11 is 11.8. The Kier molecular flexibility index (Phi) is 6.02. The van der Waals surface area contributed by atoms with E-state index in [-0.39, 0.29) is 28.1 Å². The Bertz CT molecular complexity index is 1230. The molecule has 12 heteroatoms. The molecule has 0 atom stereocenters. The van der Waals surface area contributed by atoms with Gasteiger partial charge in [0.1, 0.15) is 18.0 Å². The van der Waals surface area contributed by atoms with Crippen LogP contribution in [0.3, 0.4) is 0 Å². The molecule has 2 aromatic heterocycles. The summed E-state index contributed by atoms with van der Waals surface area (Å²) in [4.78, 5) is 6.79. The average Bonchev–Trinajstić information content (AvgIpc) is 2.67. The zero-order valence-electron chi connectivity index (χ0n) is 14.8. The number of benzene rings is 1. The largest absolute Gasteiger partial charge is 0.445 e. The number of allylic oxidation sites excluding steroid dienone is 1. The summed E-state index contributed by atoms with van der Waals surface area (Å²) < 4.78 is 83.8. The minimum atomic E-state index is -5.12. The predicted molar refractivity (Wildman–Crippen MR) is 100 cm³/mol. The number of ether oxygens (including phenoxy) is 1. The van der Waals surface area contributed by atoms with Crippen LogP contribution in [0.5, 0.6) is 5.88 Å². The molecule has 3 aromatic rings. The quantitative estimate of drug-likeness (QED) is 0.233. The highest BCUT2D eigenvalue weighted by Crippen LogP contribution is 2.38. The van der Waals surface area contributed by atoms with Crippen LogP contribution in [0.15, 0.2) is 42.7 Å². The maximum Gasteiger partial charge on any atom is 0.433 e. The summed E-state index contributed by atoms with van der Waals surface area (Å²) in [5.41, 5.74) is -3.96. The van der Waals surface area contributed by atoms with Gasteiger partial charge in [0.15, 0.2) is 5.65 Å². The Morgan fingerprint density at radius 1 is 0.968 bits per heavy atom. The molecule has 0 N–H and O–H groups in total. The fourth-order valence-electron chi connectivity index (χ4n) is 2.51. The molecule has 0 saturated carbocycles. The van der Waals surface area contributed by atoms with E-state index >= 15 is 0 Å². The van der Waals surface area contributed by atoms with E-state index < -0.39 is 34.6 Å². The lowest BCUT2D eigenvalue weighted by atomic mass is 10.1. The van der Waals surface area contributed by atoms with Crippen LogP contribution >= 0.6 is 23.2 Å². The Hall–Kier alpha value is -3.03. The molecule has 0 aliphatic heterocycles. The van der Waals surface area contributed by atoms with E-state index in [1.807, 2.05) is 6.07 Å². The van der Waals surface area contributed by atoms with Gasteiger partial charge in [0.2, 0.25) is 5.88 Å². The molecule has 4 nitrogen and oxygen atoms in total. The summed E-state index contributed by atoms with van der Waals surface area (Å²) in [5.74, 6) is -0.384. The third-order valence-electron chi connectivity index (χ3n) is 3.88. The standard InChI is InChI=1S/C19H7Cl2F6N3O/c20-10-1-2-11(14(21)5-10)9(7-28)8-31-16-4-3-12-13(18(22,23)24)6-15(19(25,26)27)29-17(12)30-16/h1-6,8H. The predicted octanol–water partition coefficient (Wildman–Crippen LogP) is 6.92. The van der Waals surface area contributed by atoms with Crippen molar-refractivity contribution in [1.29, 1.82) is 5.26 Å². The number of halogens is 8. The second-order valence-electron chi connectivity index (χ2n) is 5.96. The number of pyridine rings is 2. The second-order valence-corrected chi connectivity index (χ2v) is 6.80. The molecule has 0 unspecified atom stereocenters. The van der Waals surface area contributed by atoms with E-state index in [1.165, 1.54) is 18.2 Å². The van der Waals surface area contributed by atoms with Gasteiger partial charge in [-0.3, -0.25) is 0 Å². The molecule has 0 aliphatic carbocycles. The minimum Gasteiger partial charge on any atom is -0.445 e. The highest BCUT2D eigenvalue weighted by atomic mass is 35.5. The maximum atomic E-state index is 13.2. The van der Waals surface area contributed by atoms with Crippen LogP contribution in [0.25, 0.3) is 16.6 Å². The van der Waals surface area contributed by atoms with Crippen molar-refractivity contribution in [3.05, 3.63) is 69.5 Å². The van der Waals surface area contributed by atoms with Crippen molar-refractivity contribution >= 4 is 39.8 Å². The first-order chi connectivity index (χ1) is 14.4. The van der Waals surface area contributed by atoms with Gasteiger partial charge in [-0.2, -0.15) is 36.6 Å². The molecule has 1 aromatic carbocycles. The van der Waals surface area contributed by atoms with Gasteiger partial charge >= 0.3 is 12.4 Å². The monoisotopic (exact) mass is 477 g/mol. The van der Waals surface area contributed by atoms with Gasteiger partial charge in [-0.05, 0) is 24.3 Å². The Morgan fingerprint density at radius 2 is 1.68 bits per heavy atom. The average molecular weight is 478 g/mol. The summed E-state index contributed by atoms with van der Waals surface area (Å²) in [6, 6.07) is 7.88. The van der Waals surface area contributed by atoms with Crippen LogP contribution in [0.2, 0.25) is 10.0 Å². The van der Waals surface area contributed by atoms with Crippen molar-refractivity contribution < 1.29 is 31.1 Å². The first-order valence-electron chi connectivity index (χ1n) is 8.08. The lowest BCUT2D eigenvalue weighted by molar-refractivity contribution is -0.144. The summed E-state index contributed by atoms with van der Waals surface area (Å²) in [6.45, 7) is 0. The molecule has 31 heavy (non-hydrogen) atoms. The maximum absolute atomic E-state index is 13.2. The number of rotatable bonds is 3. The number of nitriles is 1. The Morgan fingerprint density at radius 3 is 2.26 bits per heavy atom. The van der Waals surface area contributed by atoms with Crippen molar-refractivity contribution in [1.82, 2.24) is 9.97 Å². The third kappa shape index (κ3) is 5.00. The highest BCUT2D eigenvalue weighted by molar-refractivity contribution is 6.35. The molecule has 2 heterocycles. The first kappa shape index (κ1) is 22.7. The minimum absolute atomic E-state index is 0.0826. The number of fused-ring (bicyclic) bond motifs is 1. The van der Waals surface area contributed by atoms with Crippen LogP contribution in [0, 0.1) is 11.3 Å². The highest BCUT2D eigenvalue weighted by Gasteiger charge is 2.39. The third-order valence-corrected chi connectivity index (χ3v) is 4.43. The number of hydrogen-bond acceptors (Lipinski definition) is 4. The van der Waals surface area contributed by atoms with Crippen molar-refractivity contribution in [2.75, 3.05) is 0 Å². The van der Waals surface area contributed by atoms with Gasteiger partial charge in [0.05, 0.1) is 16.2 Å². The molecule has 0 saturated heterocycles. The number of hydrogen-bond donors (Lipinski definition) is 0. The SMILES string of the molecule is N#CC(=COc1ccc2c(C(F)(F)F)cc(C(F)(F)F)nc2n1)c1ccc(Cl)cc1Cl. The number of aromatic nitrogens is 2. The molecule has 0 spiro atoms. The zero-order valence-corrected chi connectivity index (χ0v) is 16.3. The fraction of sp³-hybridized carbons (Fsp3) is 0.105. The van der Waals surface area contributed by atoms with Crippen molar-refractivity contribution in [3.63, 3.8) is 0 Å². The van der Waals surface area contributed by atoms with Gasteiger partial charge in [0.25, 0.3) is 0 Å².